The largest absolute Gasteiger partial charge is 0.411 e. The third-order valence-electron chi connectivity index (χ3n) is 2.68. The van der Waals surface area contributed by atoms with Crippen LogP contribution in [0.5, 0.6) is 0 Å². The number of carbonyl (C=O) groups excluding carboxylic acids is 1. The Labute approximate surface area is 121 Å². The fourth-order valence-corrected chi connectivity index (χ4v) is 1.55. The number of nitrogens with one attached hydrogen (secondary N) is 1. The van der Waals surface area contributed by atoms with Crippen LogP contribution in [-0.2, 0) is 16.1 Å². The predicted octanol–water partition coefficient (Wildman–Crippen LogP) is 2.34. The van der Waals surface area contributed by atoms with Gasteiger partial charge in [0.05, 0.1) is 6.61 Å². The number of carbonyl (C=O) groups is 1. The van der Waals surface area contributed by atoms with E-state index in [2.05, 4.69) is 10.1 Å². The molecule has 0 atom stereocenters. The lowest BCUT2D eigenvalue weighted by Crippen LogP contribution is -2.25. The lowest BCUT2D eigenvalue weighted by molar-refractivity contribution is -0.174. The molecule has 0 saturated carbocycles. The van der Waals surface area contributed by atoms with Crippen molar-refractivity contribution < 1.29 is 22.7 Å². The van der Waals surface area contributed by atoms with Gasteiger partial charge in [-0.15, -0.1) is 0 Å². The van der Waals surface area contributed by atoms with E-state index in [0.717, 1.165) is 11.3 Å². The number of rotatable bonds is 7. The van der Waals surface area contributed by atoms with E-state index < -0.39 is 12.8 Å². The molecule has 4 nitrogen and oxygen atoms in total. The van der Waals surface area contributed by atoms with E-state index in [1.165, 1.54) is 0 Å². The molecule has 0 unspecified atom stereocenters. The average molecular weight is 304 g/mol. The number of alkyl halides is 3. The monoisotopic (exact) mass is 304 g/mol. The van der Waals surface area contributed by atoms with Crippen molar-refractivity contribution in [2.24, 2.45) is 0 Å². The minimum atomic E-state index is -4.36. The zero-order valence-corrected chi connectivity index (χ0v) is 12.0. The average Bonchev–Trinajstić information content (AvgIpc) is 2.41. The van der Waals surface area contributed by atoms with Gasteiger partial charge in [0.15, 0.2) is 0 Å². The maximum atomic E-state index is 11.8. The SMILES string of the molecule is CN(C)c1ccc(CNC(=O)CCOCC(F)(F)F)cc1. The highest BCUT2D eigenvalue weighted by atomic mass is 19.4. The summed E-state index contributed by atoms with van der Waals surface area (Å²) in [6.45, 7) is -1.23. The van der Waals surface area contributed by atoms with Gasteiger partial charge in [-0.1, -0.05) is 12.1 Å². The molecular formula is C14H19F3N2O2. The fourth-order valence-electron chi connectivity index (χ4n) is 1.55. The molecule has 0 heterocycles. The molecule has 1 rings (SSSR count). The Bertz CT molecular complexity index is 445. The number of ether oxygens (including phenoxy) is 1. The number of nitrogens with zero attached hydrogens (tertiary/aromatic N) is 1. The van der Waals surface area contributed by atoms with Crippen molar-refractivity contribution in [2.45, 2.75) is 19.1 Å². The summed E-state index contributed by atoms with van der Waals surface area (Å²) in [4.78, 5) is 13.4. The smallest absolute Gasteiger partial charge is 0.378 e. The van der Waals surface area contributed by atoms with Crippen LogP contribution in [0, 0.1) is 0 Å². The molecule has 1 N–H and O–H groups in total. The zero-order valence-electron chi connectivity index (χ0n) is 12.0. The number of amides is 1. The summed E-state index contributed by atoms with van der Waals surface area (Å²) in [5, 5.41) is 2.63. The van der Waals surface area contributed by atoms with Gasteiger partial charge in [0, 0.05) is 32.7 Å². The highest BCUT2D eigenvalue weighted by molar-refractivity contribution is 5.75. The summed E-state index contributed by atoms with van der Waals surface area (Å²) < 4.78 is 39.8. The molecule has 0 saturated heterocycles. The van der Waals surface area contributed by atoms with Gasteiger partial charge >= 0.3 is 6.18 Å². The molecule has 1 aromatic rings. The summed E-state index contributed by atoms with van der Waals surface area (Å²) in [7, 11) is 3.86. The van der Waals surface area contributed by atoms with E-state index >= 15 is 0 Å². The Morgan fingerprint density at radius 1 is 1.24 bits per heavy atom. The van der Waals surface area contributed by atoms with Crippen LogP contribution in [0.4, 0.5) is 18.9 Å². The number of hydrogen-bond acceptors (Lipinski definition) is 3. The Balaban J connectivity index is 2.23. The van der Waals surface area contributed by atoms with Crippen LogP contribution in [0.1, 0.15) is 12.0 Å². The van der Waals surface area contributed by atoms with Crippen LogP contribution in [0.2, 0.25) is 0 Å². The van der Waals surface area contributed by atoms with Gasteiger partial charge < -0.3 is 15.0 Å². The summed E-state index contributed by atoms with van der Waals surface area (Å²) in [5.74, 6) is -0.339. The summed E-state index contributed by atoms with van der Waals surface area (Å²) in [6.07, 6.45) is -4.45. The molecule has 0 spiro atoms. The maximum absolute atomic E-state index is 11.8. The molecule has 0 fully saturated rings. The highest BCUT2D eigenvalue weighted by Gasteiger charge is 2.27. The third-order valence-corrected chi connectivity index (χ3v) is 2.68. The van der Waals surface area contributed by atoms with Gasteiger partial charge in [-0.2, -0.15) is 13.2 Å². The van der Waals surface area contributed by atoms with Crippen molar-refractivity contribution in [1.29, 1.82) is 0 Å². The van der Waals surface area contributed by atoms with Crippen molar-refractivity contribution in [3.05, 3.63) is 29.8 Å². The Hall–Kier alpha value is -1.76. The Morgan fingerprint density at radius 2 is 1.86 bits per heavy atom. The second-order valence-corrected chi connectivity index (χ2v) is 4.76. The van der Waals surface area contributed by atoms with E-state index in [0.29, 0.717) is 6.54 Å². The summed E-state index contributed by atoms with van der Waals surface area (Å²) >= 11 is 0. The molecule has 1 aromatic carbocycles. The first-order valence-corrected chi connectivity index (χ1v) is 6.45. The van der Waals surface area contributed by atoms with Gasteiger partial charge in [-0.05, 0) is 17.7 Å². The first-order valence-electron chi connectivity index (χ1n) is 6.45. The van der Waals surface area contributed by atoms with Crippen molar-refractivity contribution >= 4 is 11.6 Å². The van der Waals surface area contributed by atoms with Crippen LogP contribution < -0.4 is 10.2 Å². The molecular weight excluding hydrogens is 285 g/mol. The minimum Gasteiger partial charge on any atom is -0.378 e. The van der Waals surface area contributed by atoms with Gasteiger partial charge in [-0.25, -0.2) is 0 Å². The van der Waals surface area contributed by atoms with Gasteiger partial charge in [0.1, 0.15) is 6.61 Å². The second kappa shape index (κ2) is 7.87. The molecule has 0 radical (unpaired) electrons. The van der Waals surface area contributed by atoms with Crippen LogP contribution in [0.15, 0.2) is 24.3 Å². The molecule has 21 heavy (non-hydrogen) atoms. The van der Waals surface area contributed by atoms with E-state index in [-0.39, 0.29) is 18.9 Å². The molecule has 0 aliphatic heterocycles. The normalized spacial score (nSPS) is 11.3. The Morgan fingerprint density at radius 3 is 2.38 bits per heavy atom. The first kappa shape index (κ1) is 17.3. The molecule has 0 bridgehead atoms. The summed E-state index contributed by atoms with van der Waals surface area (Å²) in [6, 6.07) is 7.62. The topological polar surface area (TPSA) is 41.6 Å². The van der Waals surface area contributed by atoms with E-state index in [1.807, 2.05) is 43.3 Å². The van der Waals surface area contributed by atoms with Crippen molar-refractivity contribution in [1.82, 2.24) is 5.32 Å². The molecule has 0 aliphatic rings. The number of hydrogen-bond donors (Lipinski definition) is 1. The van der Waals surface area contributed by atoms with E-state index in [9.17, 15) is 18.0 Å². The fraction of sp³-hybridized carbons (Fsp3) is 0.500. The number of benzene rings is 1. The number of halogens is 3. The lowest BCUT2D eigenvalue weighted by atomic mass is 10.2. The maximum Gasteiger partial charge on any atom is 0.411 e. The van der Waals surface area contributed by atoms with Gasteiger partial charge in [-0.3, -0.25) is 4.79 Å². The first-order chi connectivity index (χ1) is 9.78. The third kappa shape index (κ3) is 7.55. The molecule has 1 amide bonds. The Kier molecular flexibility index (Phi) is 6.48. The zero-order chi connectivity index (χ0) is 15.9. The van der Waals surface area contributed by atoms with Crippen LogP contribution >= 0.6 is 0 Å². The van der Waals surface area contributed by atoms with Gasteiger partial charge in [0.2, 0.25) is 5.91 Å². The van der Waals surface area contributed by atoms with E-state index in [4.69, 9.17) is 0 Å². The minimum absolute atomic E-state index is 0.0914. The van der Waals surface area contributed by atoms with Gasteiger partial charge in [0.25, 0.3) is 0 Å². The molecule has 7 heteroatoms. The standard InChI is InChI=1S/C14H19F3N2O2/c1-19(2)12-5-3-11(4-6-12)9-18-13(20)7-8-21-10-14(15,16)17/h3-6H,7-10H2,1-2H3,(H,18,20). The lowest BCUT2D eigenvalue weighted by Gasteiger charge is -2.13. The van der Waals surface area contributed by atoms with Crippen molar-refractivity contribution in [3.63, 3.8) is 0 Å². The summed E-state index contributed by atoms with van der Waals surface area (Å²) in [5.41, 5.74) is 1.97. The van der Waals surface area contributed by atoms with Crippen molar-refractivity contribution in [3.8, 4) is 0 Å². The molecule has 118 valence electrons. The predicted molar refractivity (Wildman–Crippen MR) is 74.1 cm³/mol. The van der Waals surface area contributed by atoms with Crippen LogP contribution in [0.25, 0.3) is 0 Å². The van der Waals surface area contributed by atoms with E-state index in [1.54, 1.807) is 0 Å². The van der Waals surface area contributed by atoms with Crippen LogP contribution in [-0.4, -0.2) is 39.4 Å². The van der Waals surface area contributed by atoms with Crippen LogP contribution in [0.3, 0.4) is 0 Å². The van der Waals surface area contributed by atoms with Crippen molar-refractivity contribution in [2.75, 3.05) is 32.2 Å². The quantitative estimate of drug-likeness (QED) is 0.786. The second-order valence-electron chi connectivity index (χ2n) is 4.76. The molecule has 0 aromatic heterocycles. The number of anilines is 1. The highest BCUT2D eigenvalue weighted by Crippen LogP contribution is 2.14. The molecule has 0 aliphatic carbocycles.